The van der Waals surface area contributed by atoms with Gasteiger partial charge in [0.05, 0.1) is 21.3 Å². The molecule has 2 rings (SSSR count). The van der Waals surface area contributed by atoms with Crippen molar-refractivity contribution in [2.75, 3.05) is 5.32 Å². The summed E-state index contributed by atoms with van der Waals surface area (Å²) in [5.74, 6) is 0. The topological polar surface area (TPSA) is 35.8 Å². The van der Waals surface area contributed by atoms with Gasteiger partial charge in [-0.05, 0) is 30.2 Å². The van der Waals surface area contributed by atoms with Crippen molar-refractivity contribution in [1.82, 2.24) is 0 Å². The van der Waals surface area contributed by atoms with E-state index in [0.29, 0.717) is 22.2 Å². The standard InChI is InChI=1S/C15H12Cl2N2/c1-10-4-2-7-14(12(10)8-18)19-9-11-5-3-6-13(16)15(11)17/h2-7,19H,9H2,1H3. The molecule has 0 saturated carbocycles. The molecule has 2 aromatic rings. The summed E-state index contributed by atoms with van der Waals surface area (Å²) in [4.78, 5) is 0. The van der Waals surface area contributed by atoms with Gasteiger partial charge in [0.25, 0.3) is 0 Å². The Morgan fingerprint density at radius 1 is 1.16 bits per heavy atom. The maximum absolute atomic E-state index is 9.16. The number of halogens is 2. The number of nitriles is 1. The lowest BCUT2D eigenvalue weighted by Crippen LogP contribution is -2.02. The number of benzene rings is 2. The molecule has 0 spiro atoms. The van der Waals surface area contributed by atoms with Gasteiger partial charge < -0.3 is 5.32 Å². The van der Waals surface area contributed by atoms with E-state index in [1.807, 2.05) is 37.3 Å². The molecule has 1 N–H and O–H groups in total. The quantitative estimate of drug-likeness (QED) is 0.882. The molecule has 0 aliphatic rings. The normalized spacial score (nSPS) is 10.0. The van der Waals surface area contributed by atoms with Crippen molar-refractivity contribution in [3.63, 3.8) is 0 Å². The Bertz CT molecular complexity index is 645. The van der Waals surface area contributed by atoms with E-state index >= 15 is 0 Å². The Kier molecular flexibility index (Phi) is 4.31. The van der Waals surface area contributed by atoms with Crippen molar-refractivity contribution in [2.24, 2.45) is 0 Å². The minimum Gasteiger partial charge on any atom is -0.380 e. The Hall–Kier alpha value is -1.69. The number of rotatable bonds is 3. The molecule has 0 heterocycles. The minimum atomic E-state index is 0.525. The lowest BCUT2D eigenvalue weighted by atomic mass is 10.1. The van der Waals surface area contributed by atoms with E-state index in [-0.39, 0.29) is 0 Å². The second-order valence-corrected chi connectivity index (χ2v) is 4.96. The minimum absolute atomic E-state index is 0.525. The summed E-state index contributed by atoms with van der Waals surface area (Å²) >= 11 is 12.1. The van der Waals surface area contributed by atoms with Crippen molar-refractivity contribution in [3.05, 3.63) is 63.1 Å². The van der Waals surface area contributed by atoms with Gasteiger partial charge in [0.2, 0.25) is 0 Å². The summed E-state index contributed by atoms with van der Waals surface area (Å²) in [6, 6.07) is 13.4. The van der Waals surface area contributed by atoms with E-state index in [4.69, 9.17) is 28.5 Å². The molecule has 0 unspecified atom stereocenters. The molecule has 0 atom stereocenters. The van der Waals surface area contributed by atoms with Crippen LogP contribution in [0.2, 0.25) is 10.0 Å². The summed E-state index contributed by atoms with van der Waals surface area (Å²) in [7, 11) is 0. The molecular weight excluding hydrogens is 279 g/mol. The Morgan fingerprint density at radius 3 is 2.63 bits per heavy atom. The first-order valence-corrected chi connectivity index (χ1v) is 6.55. The van der Waals surface area contributed by atoms with Gasteiger partial charge in [-0.1, -0.05) is 47.5 Å². The van der Waals surface area contributed by atoms with Gasteiger partial charge >= 0.3 is 0 Å². The van der Waals surface area contributed by atoms with Crippen molar-refractivity contribution in [3.8, 4) is 6.07 Å². The molecule has 0 amide bonds. The fourth-order valence-electron chi connectivity index (χ4n) is 1.84. The van der Waals surface area contributed by atoms with E-state index < -0.39 is 0 Å². The van der Waals surface area contributed by atoms with E-state index in [2.05, 4.69) is 11.4 Å². The third-order valence-electron chi connectivity index (χ3n) is 2.89. The smallest absolute Gasteiger partial charge is 0.102 e. The average molecular weight is 291 g/mol. The number of anilines is 1. The molecule has 0 aliphatic carbocycles. The van der Waals surface area contributed by atoms with E-state index in [1.165, 1.54) is 0 Å². The Labute approximate surface area is 122 Å². The molecule has 2 aromatic carbocycles. The molecule has 2 nitrogen and oxygen atoms in total. The summed E-state index contributed by atoms with van der Waals surface area (Å²) in [6.07, 6.45) is 0. The van der Waals surface area contributed by atoms with Crippen molar-refractivity contribution in [1.29, 1.82) is 5.26 Å². The Balaban J connectivity index is 2.22. The molecule has 0 saturated heterocycles. The van der Waals surface area contributed by atoms with Gasteiger partial charge in [-0.25, -0.2) is 0 Å². The summed E-state index contributed by atoms with van der Waals surface area (Å²) in [5.41, 5.74) is 3.31. The maximum atomic E-state index is 9.16. The SMILES string of the molecule is Cc1cccc(NCc2cccc(Cl)c2Cl)c1C#N. The van der Waals surface area contributed by atoms with Crippen LogP contribution < -0.4 is 5.32 Å². The third kappa shape index (κ3) is 3.01. The fraction of sp³-hybridized carbons (Fsp3) is 0.133. The number of aryl methyl sites for hydroxylation is 1. The van der Waals surface area contributed by atoms with Gasteiger partial charge in [-0.15, -0.1) is 0 Å². The van der Waals surface area contributed by atoms with Gasteiger partial charge in [-0.3, -0.25) is 0 Å². The van der Waals surface area contributed by atoms with Crippen LogP contribution in [0.25, 0.3) is 0 Å². The second kappa shape index (κ2) is 5.97. The zero-order chi connectivity index (χ0) is 13.8. The Morgan fingerprint density at radius 2 is 1.89 bits per heavy atom. The van der Waals surface area contributed by atoms with Gasteiger partial charge in [-0.2, -0.15) is 5.26 Å². The van der Waals surface area contributed by atoms with Crippen LogP contribution in [0.4, 0.5) is 5.69 Å². The molecule has 0 fully saturated rings. The highest BCUT2D eigenvalue weighted by Crippen LogP contribution is 2.27. The molecular formula is C15H12Cl2N2. The van der Waals surface area contributed by atoms with E-state index in [9.17, 15) is 0 Å². The highest BCUT2D eigenvalue weighted by Gasteiger charge is 2.07. The monoisotopic (exact) mass is 290 g/mol. The van der Waals surface area contributed by atoms with Crippen molar-refractivity contribution >= 4 is 28.9 Å². The molecule has 0 aliphatic heterocycles. The molecule has 0 aromatic heterocycles. The van der Waals surface area contributed by atoms with Crippen LogP contribution in [0.1, 0.15) is 16.7 Å². The van der Waals surface area contributed by atoms with Crippen molar-refractivity contribution in [2.45, 2.75) is 13.5 Å². The zero-order valence-electron chi connectivity index (χ0n) is 10.4. The summed E-state index contributed by atoms with van der Waals surface area (Å²) < 4.78 is 0. The number of nitrogens with zero attached hydrogens (tertiary/aromatic N) is 1. The molecule has 96 valence electrons. The lowest BCUT2D eigenvalue weighted by molar-refractivity contribution is 1.14. The predicted octanol–water partition coefficient (Wildman–Crippen LogP) is 4.79. The van der Waals surface area contributed by atoms with Crippen LogP contribution in [0.3, 0.4) is 0 Å². The molecule has 0 radical (unpaired) electrons. The van der Waals surface area contributed by atoms with Crippen LogP contribution in [0, 0.1) is 18.3 Å². The first kappa shape index (κ1) is 13.7. The second-order valence-electron chi connectivity index (χ2n) is 4.18. The summed E-state index contributed by atoms with van der Waals surface area (Å²) in [6.45, 7) is 2.44. The van der Waals surface area contributed by atoms with Crippen LogP contribution in [0.15, 0.2) is 36.4 Å². The summed E-state index contributed by atoms with van der Waals surface area (Å²) in [5, 5.41) is 13.5. The van der Waals surface area contributed by atoms with E-state index in [0.717, 1.165) is 16.8 Å². The first-order chi connectivity index (χ1) is 9.13. The van der Waals surface area contributed by atoms with Crippen molar-refractivity contribution < 1.29 is 0 Å². The first-order valence-electron chi connectivity index (χ1n) is 5.80. The molecule has 4 heteroatoms. The lowest BCUT2D eigenvalue weighted by Gasteiger charge is -2.11. The van der Waals surface area contributed by atoms with Crippen LogP contribution >= 0.6 is 23.2 Å². The zero-order valence-corrected chi connectivity index (χ0v) is 11.9. The van der Waals surface area contributed by atoms with Crippen LogP contribution in [-0.4, -0.2) is 0 Å². The third-order valence-corrected chi connectivity index (χ3v) is 3.74. The highest BCUT2D eigenvalue weighted by molar-refractivity contribution is 6.42. The van der Waals surface area contributed by atoms with Crippen LogP contribution in [0.5, 0.6) is 0 Å². The number of nitrogens with one attached hydrogen (secondary N) is 1. The van der Waals surface area contributed by atoms with Gasteiger partial charge in [0.1, 0.15) is 6.07 Å². The maximum Gasteiger partial charge on any atom is 0.102 e. The molecule has 0 bridgehead atoms. The fourth-order valence-corrected chi connectivity index (χ4v) is 2.23. The number of hydrogen-bond donors (Lipinski definition) is 1. The largest absolute Gasteiger partial charge is 0.380 e. The van der Waals surface area contributed by atoms with Gasteiger partial charge in [0.15, 0.2) is 0 Å². The molecule has 19 heavy (non-hydrogen) atoms. The van der Waals surface area contributed by atoms with Gasteiger partial charge in [0, 0.05) is 6.54 Å². The average Bonchev–Trinajstić information content (AvgIpc) is 2.40. The van der Waals surface area contributed by atoms with Crippen LogP contribution in [-0.2, 0) is 6.54 Å². The predicted molar refractivity (Wildman–Crippen MR) is 79.7 cm³/mol. The number of hydrogen-bond acceptors (Lipinski definition) is 2. The van der Waals surface area contributed by atoms with E-state index in [1.54, 1.807) is 6.07 Å². The highest BCUT2D eigenvalue weighted by atomic mass is 35.5.